The Kier molecular flexibility index (Phi) is 5.39. The first-order chi connectivity index (χ1) is 10.4. The lowest BCUT2D eigenvalue weighted by molar-refractivity contribution is -0.107. The Bertz CT molecular complexity index is 834. The molecule has 0 aliphatic heterocycles. The van der Waals surface area contributed by atoms with Gasteiger partial charge >= 0.3 is 0 Å². The van der Waals surface area contributed by atoms with Gasteiger partial charge in [-0.3, -0.25) is 9.52 Å². The van der Waals surface area contributed by atoms with E-state index in [-0.39, 0.29) is 4.90 Å². The predicted octanol–water partition coefficient (Wildman–Crippen LogP) is 4.03. The third-order valence-electron chi connectivity index (χ3n) is 2.65. The molecule has 0 saturated carbocycles. The van der Waals surface area contributed by atoms with Gasteiger partial charge in [0, 0.05) is 10.2 Å². The number of rotatable bonds is 5. The normalized spacial score (nSPS) is 11.5. The molecule has 22 heavy (non-hydrogen) atoms. The SMILES string of the molecule is O=C(Cl)/C=C/c1cccc(S(=O)(=O)Nc2cccc(Br)c2)c1. The minimum atomic E-state index is -3.71. The fourth-order valence-corrected chi connectivity index (χ4v) is 3.28. The highest BCUT2D eigenvalue weighted by atomic mass is 79.9. The van der Waals surface area contributed by atoms with Gasteiger partial charge in [0.25, 0.3) is 10.0 Å². The summed E-state index contributed by atoms with van der Waals surface area (Å²) in [5, 5.41) is -0.625. The second kappa shape index (κ2) is 7.09. The molecule has 0 atom stereocenters. The molecule has 0 heterocycles. The van der Waals surface area contributed by atoms with Crippen molar-refractivity contribution in [2.24, 2.45) is 0 Å². The molecule has 0 unspecified atom stereocenters. The van der Waals surface area contributed by atoms with Crippen LogP contribution in [0, 0.1) is 0 Å². The molecule has 2 rings (SSSR count). The van der Waals surface area contributed by atoms with Gasteiger partial charge in [-0.1, -0.05) is 40.2 Å². The van der Waals surface area contributed by atoms with Crippen LogP contribution in [0.4, 0.5) is 5.69 Å². The monoisotopic (exact) mass is 399 g/mol. The lowest BCUT2D eigenvalue weighted by Crippen LogP contribution is -2.12. The Hall–Kier alpha value is -1.63. The molecule has 2 aromatic carbocycles. The number of allylic oxidation sites excluding steroid dienone is 1. The van der Waals surface area contributed by atoms with Gasteiger partial charge in [0.15, 0.2) is 0 Å². The van der Waals surface area contributed by atoms with E-state index in [4.69, 9.17) is 11.6 Å². The zero-order chi connectivity index (χ0) is 16.2. The van der Waals surface area contributed by atoms with Crippen LogP contribution >= 0.6 is 27.5 Å². The average Bonchev–Trinajstić information content (AvgIpc) is 2.45. The number of carbonyl (C=O) groups excluding carboxylic acids is 1. The van der Waals surface area contributed by atoms with E-state index in [9.17, 15) is 13.2 Å². The van der Waals surface area contributed by atoms with Crippen molar-refractivity contribution in [1.82, 2.24) is 0 Å². The van der Waals surface area contributed by atoms with Crippen LogP contribution in [0.15, 0.2) is 64.0 Å². The number of anilines is 1. The zero-order valence-corrected chi connectivity index (χ0v) is 14.3. The predicted molar refractivity (Wildman–Crippen MR) is 91.3 cm³/mol. The van der Waals surface area contributed by atoms with E-state index in [2.05, 4.69) is 20.7 Å². The van der Waals surface area contributed by atoms with Crippen LogP contribution in [0.2, 0.25) is 0 Å². The molecule has 0 radical (unpaired) electrons. The maximum absolute atomic E-state index is 12.4. The molecule has 2 aromatic rings. The average molecular weight is 401 g/mol. The first kappa shape index (κ1) is 16.7. The van der Waals surface area contributed by atoms with Crippen molar-refractivity contribution in [1.29, 1.82) is 0 Å². The number of hydrogen-bond acceptors (Lipinski definition) is 3. The summed E-state index contributed by atoms with van der Waals surface area (Å²) >= 11 is 8.50. The topological polar surface area (TPSA) is 63.2 Å². The molecule has 0 fully saturated rings. The Morgan fingerprint density at radius 1 is 1.14 bits per heavy atom. The summed E-state index contributed by atoms with van der Waals surface area (Å²) in [6, 6.07) is 13.0. The maximum atomic E-state index is 12.4. The minimum Gasteiger partial charge on any atom is -0.280 e. The van der Waals surface area contributed by atoms with Crippen LogP contribution in [0.3, 0.4) is 0 Å². The summed E-state index contributed by atoms with van der Waals surface area (Å²) in [6.45, 7) is 0. The first-order valence-corrected chi connectivity index (χ1v) is 8.78. The Morgan fingerprint density at radius 3 is 2.55 bits per heavy atom. The summed E-state index contributed by atoms with van der Waals surface area (Å²) in [5.74, 6) is 0. The fraction of sp³-hybridized carbons (Fsp3) is 0. The van der Waals surface area contributed by atoms with Gasteiger partial charge in [-0.15, -0.1) is 0 Å². The highest BCUT2D eigenvalue weighted by molar-refractivity contribution is 9.10. The molecular weight excluding hydrogens is 390 g/mol. The highest BCUT2D eigenvalue weighted by Crippen LogP contribution is 2.20. The number of sulfonamides is 1. The molecule has 0 aliphatic rings. The van der Waals surface area contributed by atoms with Gasteiger partial charge in [-0.05, 0) is 53.6 Å². The van der Waals surface area contributed by atoms with Crippen molar-refractivity contribution in [3.05, 3.63) is 64.6 Å². The number of halogens is 2. The van der Waals surface area contributed by atoms with E-state index in [0.29, 0.717) is 11.3 Å². The zero-order valence-electron chi connectivity index (χ0n) is 11.2. The van der Waals surface area contributed by atoms with Crippen molar-refractivity contribution >= 4 is 54.6 Å². The molecule has 0 amide bonds. The third-order valence-corrected chi connectivity index (χ3v) is 4.65. The van der Waals surface area contributed by atoms with E-state index < -0.39 is 15.3 Å². The van der Waals surface area contributed by atoms with Gasteiger partial charge in [-0.25, -0.2) is 8.42 Å². The summed E-state index contributed by atoms with van der Waals surface area (Å²) in [6.07, 6.45) is 2.61. The first-order valence-electron chi connectivity index (χ1n) is 6.13. The van der Waals surface area contributed by atoms with Gasteiger partial charge in [-0.2, -0.15) is 0 Å². The van der Waals surface area contributed by atoms with Gasteiger partial charge in [0.1, 0.15) is 0 Å². The molecule has 114 valence electrons. The van der Waals surface area contributed by atoms with E-state index in [0.717, 1.165) is 10.5 Å². The van der Waals surface area contributed by atoms with Crippen molar-refractivity contribution in [3.63, 3.8) is 0 Å². The molecule has 4 nitrogen and oxygen atoms in total. The third kappa shape index (κ3) is 4.69. The molecule has 0 aromatic heterocycles. The molecule has 0 saturated heterocycles. The Balaban J connectivity index is 2.29. The van der Waals surface area contributed by atoms with Crippen molar-refractivity contribution in [2.75, 3.05) is 4.72 Å². The molecular formula is C15H11BrClNO3S. The van der Waals surface area contributed by atoms with Crippen molar-refractivity contribution < 1.29 is 13.2 Å². The Labute approximate surface area is 142 Å². The quantitative estimate of drug-likeness (QED) is 0.609. The lowest BCUT2D eigenvalue weighted by Gasteiger charge is -2.09. The minimum absolute atomic E-state index is 0.0941. The molecule has 0 bridgehead atoms. The van der Waals surface area contributed by atoms with Crippen molar-refractivity contribution in [3.8, 4) is 0 Å². The van der Waals surface area contributed by atoms with Crippen molar-refractivity contribution in [2.45, 2.75) is 4.90 Å². The van der Waals surface area contributed by atoms with Crippen LogP contribution < -0.4 is 4.72 Å². The highest BCUT2D eigenvalue weighted by Gasteiger charge is 2.14. The second-order valence-electron chi connectivity index (χ2n) is 4.33. The standard InChI is InChI=1S/C15H11BrClNO3S/c16-12-4-2-5-13(10-12)18-22(20,21)14-6-1-3-11(9-14)7-8-15(17)19/h1-10,18H/b8-7+. The van der Waals surface area contributed by atoms with Crippen LogP contribution in [0.5, 0.6) is 0 Å². The number of carbonyl (C=O) groups is 1. The number of nitrogens with one attached hydrogen (secondary N) is 1. The van der Waals surface area contributed by atoms with Crippen LogP contribution in [-0.4, -0.2) is 13.7 Å². The van der Waals surface area contributed by atoms with E-state index in [1.54, 1.807) is 36.4 Å². The maximum Gasteiger partial charge on any atom is 0.261 e. The largest absolute Gasteiger partial charge is 0.280 e. The summed E-state index contributed by atoms with van der Waals surface area (Å²) in [5.41, 5.74) is 1.01. The van der Waals surface area contributed by atoms with Gasteiger partial charge in [0.05, 0.1) is 4.90 Å². The molecule has 0 aliphatic carbocycles. The number of hydrogen-bond donors (Lipinski definition) is 1. The van der Waals surface area contributed by atoms with Crippen LogP contribution in [0.1, 0.15) is 5.56 Å². The summed E-state index contributed by atoms with van der Waals surface area (Å²) in [7, 11) is -3.71. The van der Waals surface area contributed by atoms with Gasteiger partial charge in [0.2, 0.25) is 5.24 Å². The fourth-order valence-electron chi connectivity index (χ4n) is 1.71. The molecule has 7 heteroatoms. The second-order valence-corrected chi connectivity index (χ2v) is 7.30. The van der Waals surface area contributed by atoms with Crippen LogP contribution in [0.25, 0.3) is 6.08 Å². The Morgan fingerprint density at radius 2 is 1.86 bits per heavy atom. The smallest absolute Gasteiger partial charge is 0.261 e. The summed E-state index contributed by atoms with van der Waals surface area (Å²) in [4.78, 5) is 10.8. The molecule has 1 N–H and O–H groups in total. The van der Waals surface area contributed by atoms with Crippen LogP contribution in [-0.2, 0) is 14.8 Å². The van der Waals surface area contributed by atoms with E-state index in [1.807, 2.05) is 0 Å². The van der Waals surface area contributed by atoms with Gasteiger partial charge < -0.3 is 0 Å². The van der Waals surface area contributed by atoms with E-state index >= 15 is 0 Å². The number of benzene rings is 2. The lowest BCUT2D eigenvalue weighted by atomic mass is 10.2. The summed E-state index contributed by atoms with van der Waals surface area (Å²) < 4.78 is 28.0. The van der Waals surface area contributed by atoms with E-state index in [1.165, 1.54) is 18.2 Å². The molecule has 0 spiro atoms.